The zero-order valence-corrected chi connectivity index (χ0v) is 15.4. The Balaban J connectivity index is 1.71. The van der Waals surface area contributed by atoms with Crippen LogP contribution in [0.2, 0.25) is 0 Å². The number of rotatable bonds is 6. The molecule has 0 aliphatic carbocycles. The molecule has 8 heteroatoms. The summed E-state index contributed by atoms with van der Waals surface area (Å²) in [5.74, 6) is -0.816. The van der Waals surface area contributed by atoms with Gasteiger partial charge in [0.05, 0.1) is 11.7 Å². The zero-order chi connectivity index (χ0) is 18.7. The molecule has 1 aliphatic rings. The lowest BCUT2D eigenvalue weighted by Gasteiger charge is -2.20. The molecule has 7 nitrogen and oxygen atoms in total. The molecule has 1 aliphatic heterocycles. The van der Waals surface area contributed by atoms with Crippen LogP contribution in [0, 0.1) is 0 Å². The molecular formula is C18H20N4O3S. The molecule has 2 N–H and O–H groups in total. The molecule has 26 heavy (non-hydrogen) atoms. The minimum absolute atomic E-state index is 0.318. The van der Waals surface area contributed by atoms with Crippen LogP contribution in [0.25, 0.3) is 0 Å². The van der Waals surface area contributed by atoms with Gasteiger partial charge in [0.1, 0.15) is 12.1 Å². The first-order chi connectivity index (χ1) is 12.4. The fourth-order valence-electron chi connectivity index (χ4n) is 2.79. The number of carbonyl (C=O) groups is 3. The first-order valence-electron chi connectivity index (χ1n) is 8.23. The third kappa shape index (κ3) is 3.91. The van der Waals surface area contributed by atoms with Crippen molar-refractivity contribution in [2.75, 3.05) is 6.54 Å². The van der Waals surface area contributed by atoms with E-state index in [0.717, 1.165) is 15.5 Å². The van der Waals surface area contributed by atoms with Crippen molar-refractivity contribution in [3.8, 4) is 0 Å². The van der Waals surface area contributed by atoms with Gasteiger partial charge in [0, 0.05) is 17.5 Å². The summed E-state index contributed by atoms with van der Waals surface area (Å²) in [6.07, 6.45) is 2.26. The summed E-state index contributed by atoms with van der Waals surface area (Å²) in [5.41, 5.74) is -0.263. The predicted molar refractivity (Wildman–Crippen MR) is 97.5 cm³/mol. The van der Waals surface area contributed by atoms with Crippen molar-refractivity contribution in [1.29, 1.82) is 0 Å². The van der Waals surface area contributed by atoms with Crippen molar-refractivity contribution in [3.63, 3.8) is 0 Å². The summed E-state index contributed by atoms with van der Waals surface area (Å²) in [6.45, 7) is 2.90. The number of hydrogen-bond acceptors (Lipinski definition) is 5. The molecule has 2 aromatic heterocycles. The fourth-order valence-corrected chi connectivity index (χ4v) is 3.54. The van der Waals surface area contributed by atoms with Crippen molar-refractivity contribution in [2.24, 2.45) is 0 Å². The van der Waals surface area contributed by atoms with Gasteiger partial charge in [0.2, 0.25) is 5.91 Å². The van der Waals surface area contributed by atoms with Crippen molar-refractivity contribution in [1.82, 2.24) is 20.5 Å². The molecule has 136 valence electrons. The number of pyridine rings is 1. The average molecular weight is 372 g/mol. The van der Waals surface area contributed by atoms with Crippen LogP contribution in [0.4, 0.5) is 4.79 Å². The Morgan fingerprint density at radius 2 is 2.12 bits per heavy atom. The fraction of sp³-hybridized carbons (Fsp3) is 0.333. The first kappa shape index (κ1) is 18.1. The van der Waals surface area contributed by atoms with E-state index in [1.165, 1.54) is 0 Å². The van der Waals surface area contributed by atoms with Crippen molar-refractivity contribution in [3.05, 3.63) is 52.5 Å². The Morgan fingerprint density at radius 1 is 1.31 bits per heavy atom. The molecule has 3 heterocycles. The van der Waals surface area contributed by atoms with Crippen molar-refractivity contribution < 1.29 is 14.4 Å². The molecule has 3 rings (SSSR count). The van der Waals surface area contributed by atoms with E-state index in [2.05, 4.69) is 15.6 Å². The van der Waals surface area contributed by atoms with Crippen LogP contribution in [-0.2, 0) is 16.0 Å². The number of imide groups is 1. The van der Waals surface area contributed by atoms with Crippen LogP contribution in [0.15, 0.2) is 41.9 Å². The Bertz CT molecular complexity index is 805. The number of nitrogens with one attached hydrogen (secondary N) is 2. The minimum Gasteiger partial charge on any atom is -0.346 e. The maximum Gasteiger partial charge on any atom is 0.325 e. The molecule has 0 spiro atoms. The molecule has 2 aromatic rings. The largest absolute Gasteiger partial charge is 0.346 e. The lowest BCUT2D eigenvalue weighted by Crippen LogP contribution is -2.44. The van der Waals surface area contributed by atoms with Crippen molar-refractivity contribution >= 4 is 29.2 Å². The Kier molecular flexibility index (Phi) is 5.03. The summed E-state index contributed by atoms with van der Waals surface area (Å²) in [6, 6.07) is 8.56. The Morgan fingerprint density at radius 3 is 2.69 bits per heavy atom. The van der Waals surface area contributed by atoms with Crippen LogP contribution >= 0.6 is 11.3 Å². The van der Waals surface area contributed by atoms with Crippen LogP contribution in [0.5, 0.6) is 0 Å². The molecule has 0 radical (unpaired) electrons. The smallest absolute Gasteiger partial charge is 0.325 e. The van der Waals surface area contributed by atoms with Gasteiger partial charge in [-0.15, -0.1) is 11.3 Å². The normalized spacial score (nSPS) is 17.1. The quantitative estimate of drug-likeness (QED) is 0.758. The summed E-state index contributed by atoms with van der Waals surface area (Å²) < 4.78 is 0. The van der Waals surface area contributed by atoms with E-state index in [-0.39, 0.29) is 12.6 Å². The molecule has 0 saturated carbocycles. The average Bonchev–Trinajstić information content (AvgIpc) is 3.17. The summed E-state index contributed by atoms with van der Waals surface area (Å²) in [4.78, 5) is 43.1. The number of nitrogens with zero attached hydrogens (tertiary/aromatic N) is 2. The van der Waals surface area contributed by atoms with Crippen molar-refractivity contribution in [2.45, 2.75) is 31.8 Å². The van der Waals surface area contributed by atoms with Gasteiger partial charge in [-0.2, -0.15) is 0 Å². The molecule has 1 fully saturated rings. The second kappa shape index (κ2) is 7.25. The predicted octanol–water partition coefficient (Wildman–Crippen LogP) is 1.87. The van der Waals surface area contributed by atoms with Gasteiger partial charge in [-0.25, -0.2) is 4.79 Å². The summed E-state index contributed by atoms with van der Waals surface area (Å²) >= 11 is 1.60. The van der Waals surface area contributed by atoms with Crippen LogP contribution in [0.1, 0.15) is 30.5 Å². The maximum atomic E-state index is 12.5. The van der Waals surface area contributed by atoms with Crippen LogP contribution < -0.4 is 10.6 Å². The van der Waals surface area contributed by atoms with Gasteiger partial charge in [0.25, 0.3) is 5.91 Å². The lowest BCUT2D eigenvalue weighted by atomic mass is 10.1. The van der Waals surface area contributed by atoms with Crippen LogP contribution in [0.3, 0.4) is 0 Å². The third-order valence-electron chi connectivity index (χ3n) is 4.11. The number of thiophene rings is 1. The highest BCUT2D eigenvalue weighted by Crippen LogP contribution is 2.21. The van der Waals surface area contributed by atoms with E-state index >= 15 is 0 Å². The number of urea groups is 1. The van der Waals surface area contributed by atoms with Crippen LogP contribution in [-0.4, -0.2) is 39.8 Å². The van der Waals surface area contributed by atoms with E-state index in [1.807, 2.05) is 35.7 Å². The summed E-state index contributed by atoms with van der Waals surface area (Å²) in [5, 5.41) is 7.44. The maximum absolute atomic E-state index is 12.5. The first-order valence-corrected chi connectivity index (χ1v) is 9.11. The van der Waals surface area contributed by atoms with Gasteiger partial charge < -0.3 is 10.6 Å². The molecular weight excluding hydrogens is 352 g/mol. The van der Waals surface area contributed by atoms with Gasteiger partial charge in [-0.1, -0.05) is 12.1 Å². The molecule has 0 bridgehead atoms. The number of hydrogen-bond donors (Lipinski definition) is 2. The number of aromatic nitrogens is 1. The van der Waals surface area contributed by atoms with E-state index in [0.29, 0.717) is 6.42 Å². The number of amides is 4. The van der Waals surface area contributed by atoms with Gasteiger partial charge in [-0.3, -0.25) is 19.5 Å². The Hall–Kier alpha value is -2.74. The van der Waals surface area contributed by atoms with E-state index in [4.69, 9.17) is 0 Å². The standard InChI is InChI=1S/C18H20N4O3S/c1-18(2)16(24)22(17(25)21-18)11-15(23)20-14(10-12-6-5-9-26-12)13-7-3-4-8-19-13/h3-9,14H,10-11H2,1-2H3,(H,20,23)(H,21,25)/t14-/m0/s1. The van der Waals surface area contributed by atoms with E-state index < -0.39 is 23.4 Å². The highest BCUT2D eigenvalue weighted by molar-refractivity contribution is 7.09. The monoisotopic (exact) mass is 372 g/mol. The Labute approximate surface area is 155 Å². The topological polar surface area (TPSA) is 91.4 Å². The van der Waals surface area contributed by atoms with Gasteiger partial charge >= 0.3 is 6.03 Å². The molecule has 0 unspecified atom stereocenters. The minimum atomic E-state index is -0.991. The molecule has 1 atom stereocenters. The molecule has 4 amide bonds. The van der Waals surface area contributed by atoms with E-state index in [9.17, 15) is 14.4 Å². The lowest BCUT2D eigenvalue weighted by molar-refractivity contribution is -0.134. The van der Waals surface area contributed by atoms with Gasteiger partial charge in [-0.05, 0) is 37.4 Å². The molecule has 1 saturated heterocycles. The SMILES string of the molecule is CC1(C)NC(=O)N(CC(=O)N[C@@H](Cc2cccs2)c2ccccn2)C1=O. The second-order valence-electron chi connectivity index (χ2n) is 6.60. The van der Waals surface area contributed by atoms with Gasteiger partial charge in [0.15, 0.2) is 0 Å². The molecule has 0 aromatic carbocycles. The highest BCUT2D eigenvalue weighted by Gasteiger charge is 2.44. The summed E-state index contributed by atoms with van der Waals surface area (Å²) in [7, 11) is 0. The second-order valence-corrected chi connectivity index (χ2v) is 7.64. The van der Waals surface area contributed by atoms with E-state index in [1.54, 1.807) is 31.4 Å². The third-order valence-corrected chi connectivity index (χ3v) is 5.01. The zero-order valence-electron chi connectivity index (χ0n) is 14.6. The number of carbonyl (C=O) groups excluding carboxylic acids is 3. The highest BCUT2D eigenvalue weighted by atomic mass is 32.1.